The van der Waals surface area contributed by atoms with E-state index in [0.29, 0.717) is 26.9 Å². The monoisotopic (exact) mass is 480 g/mol. The van der Waals surface area contributed by atoms with Crippen molar-refractivity contribution in [3.63, 3.8) is 0 Å². The molecule has 14 nitrogen and oxygen atoms in total. The van der Waals surface area contributed by atoms with Crippen molar-refractivity contribution in [2.45, 2.75) is 11.2 Å². The summed E-state index contributed by atoms with van der Waals surface area (Å²) >= 11 is 0. The van der Waals surface area contributed by atoms with E-state index in [1.54, 1.807) is 18.2 Å². The Morgan fingerprint density at radius 1 is 0.828 bits per heavy atom. The van der Waals surface area contributed by atoms with Crippen molar-refractivity contribution >= 4 is 28.8 Å². The average Bonchev–Trinajstić information content (AvgIpc) is 2.60. The topological polar surface area (TPSA) is 194 Å². The molecular weight excluding hydrogens is 461 g/mol. The first-order chi connectivity index (χ1) is 13.4. The van der Waals surface area contributed by atoms with Crippen molar-refractivity contribution in [2.24, 2.45) is 0 Å². The molecule has 0 amide bonds. The highest BCUT2D eigenvalue weighted by atomic mass is 31.3. The Bertz CT molecular complexity index is 762. The molecule has 0 spiro atoms. The number of carbonyl (C=O) groups excluding carboxylic acids is 1. The van der Waals surface area contributed by atoms with Crippen LogP contribution in [-0.2, 0) is 58.5 Å². The van der Waals surface area contributed by atoms with E-state index in [-0.39, 0.29) is 0 Å². The van der Waals surface area contributed by atoms with E-state index in [9.17, 15) is 33.2 Å². The molecule has 1 aromatic carbocycles. The van der Waals surface area contributed by atoms with Gasteiger partial charge in [-0.3, -0.25) is 13.7 Å². The summed E-state index contributed by atoms with van der Waals surface area (Å²) in [5.41, 5.74) is 0.316. The third-order valence-electron chi connectivity index (χ3n) is 3.20. The molecule has 0 aliphatic heterocycles. The first kappa shape index (κ1) is 26.1. The Kier molecular flexibility index (Phi) is 9.31. The lowest BCUT2D eigenvalue weighted by molar-refractivity contribution is -0.201. The van der Waals surface area contributed by atoms with Gasteiger partial charge >= 0.3 is 33.4 Å². The molecule has 3 N–H and O–H groups in total. The summed E-state index contributed by atoms with van der Waals surface area (Å²) in [7, 11) is -16.1. The predicted molar refractivity (Wildman–Crippen MR) is 92.7 cm³/mol. The summed E-state index contributed by atoms with van der Waals surface area (Å²) in [4.78, 5) is 55.3. The maximum absolute atomic E-state index is 12.8. The molecule has 0 saturated carbocycles. The van der Waals surface area contributed by atoms with Crippen LogP contribution in [0.4, 0.5) is 0 Å². The number of hydrogen-bond donors (Lipinski definition) is 3. The van der Waals surface area contributed by atoms with Gasteiger partial charge in [0.15, 0.2) is 0 Å². The van der Waals surface area contributed by atoms with Gasteiger partial charge in [-0.15, -0.1) is 14.0 Å². The Labute approximate surface area is 164 Å². The van der Waals surface area contributed by atoms with E-state index in [2.05, 4.69) is 28.7 Å². The van der Waals surface area contributed by atoms with Crippen molar-refractivity contribution in [1.29, 1.82) is 0 Å². The highest BCUT2D eigenvalue weighted by Crippen LogP contribution is 2.87. The Morgan fingerprint density at radius 3 is 1.55 bits per heavy atom. The maximum atomic E-state index is 12.8. The minimum absolute atomic E-state index is 0.316. The second-order valence-corrected chi connectivity index (χ2v) is 11.6. The molecule has 29 heavy (non-hydrogen) atoms. The van der Waals surface area contributed by atoms with Crippen molar-refractivity contribution in [3.8, 4) is 0 Å². The quantitative estimate of drug-likeness (QED) is 0.169. The van der Waals surface area contributed by atoms with Crippen molar-refractivity contribution in [3.05, 3.63) is 35.9 Å². The number of ether oxygens (including phenoxy) is 1. The van der Waals surface area contributed by atoms with Gasteiger partial charge in [-0.2, -0.15) is 0 Å². The molecular formula is C12H19O14P3. The molecule has 1 rings (SSSR count). The first-order valence-electron chi connectivity index (χ1n) is 7.30. The minimum Gasteiger partial charge on any atom is -0.459 e. The van der Waals surface area contributed by atoms with E-state index in [1.807, 2.05) is 0 Å². The van der Waals surface area contributed by atoms with Gasteiger partial charge < -0.3 is 19.4 Å². The van der Waals surface area contributed by atoms with Crippen LogP contribution in [-0.4, -0.2) is 46.6 Å². The van der Waals surface area contributed by atoms with Gasteiger partial charge in [-0.05, 0) is 5.56 Å². The van der Waals surface area contributed by atoms with E-state index in [0.717, 1.165) is 0 Å². The molecule has 0 bridgehead atoms. The fraction of sp³-hybridized carbons (Fsp3) is 0.417. The van der Waals surface area contributed by atoms with Gasteiger partial charge in [0.1, 0.15) is 6.61 Å². The zero-order valence-electron chi connectivity index (χ0n) is 15.3. The van der Waals surface area contributed by atoms with Crippen LogP contribution in [0.25, 0.3) is 0 Å². The third kappa shape index (κ3) is 5.20. The molecule has 3 unspecified atom stereocenters. The van der Waals surface area contributed by atoms with Crippen LogP contribution in [0.3, 0.4) is 0 Å². The lowest BCUT2D eigenvalue weighted by atomic mass is 10.2. The summed E-state index contributed by atoms with van der Waals surface area (Å²) in [6.45, 7) is -0.644. The molecule has 0 aliphatic carbocycles. The van der Waals surface area contributed by atoms with Gasteiger partial charge in [0, 0.05) is 0 Å². The molecule has 166 valence electrons. The second-order valence-electron chi connectivity index (χ2n) is 4.98. The predicted octanol–water partition coefficient (Wildman–Crippen LogP) is 1.67. The summed E-state index contributed by atoms with van der Waals surface area (Å²) in [5, 5.41) is 0. The van der Waals surface area contributed by atoms with E-state index in [1.165, 1.54) is 12.1 Å². The number of hydrogen-bond acceptors (Lipinski definition) is 11. The zero-order chi connectivity index (χ0) is 22.3. The van der Waals surface area contributed by atoms with Crippen LogP contribution in [0.15, 0.2) is 30.3 Å². The second kappa shape index (κ2) is 10.4. The third-order valence-corrected chi connectivity index (χ3v) is 11.7. The average molecular weight is 480 g/mol. The highest BCUT2D eigenvalue weighted by Gasteiger charge is 2.83. The van der Waals surface area contributed by atoms with Crippen molar-refractivity contribution < 1.29 is 66.6 Å². The summed E-state index contributed by atoms with van der Waals surface area (Å²) < 4.78 is 50.6. The number of carbonyl (C=O) groups is 1. The van der Waals surface area contributed by atoms with Crippen LogP contribution in [0.5, 0.6) is 0 Å². The fourth-order valence-corrected chi connectivity index (χ4v) is 8.34. The van der Waals surface area contributed by atoms with Gasteiger partial charge in [-0.25, -0.2) is 19.5 Å². The molecule has 0 radical (unpaired) electrons. The number of benzene rings is 1. The van der Waals surface area contributed by atoms with E-state index < -0.39 is 40.0 Å². The fourth-order valence-electron chi connectivity index (χ4n) is 2.10. The minimum atomic E-state index is -6.05. The normalized spacial score (nSPS) is 19.9. The van der Waals surface area contributed by atoms with Crippen molar-refractivity contribution in [1.82, 2.24) is 0 Å². The number of rotatable bonds is 12. The summed E-state index contributed by atoms with van der Waals surface area (Å²) in [6.07, 6.45) is 0. The lowest BCUT2D eigenvalue weighted by Crippen LogP contribution is -2.41. The smallest absolute Gasteiger partial charge is 0.397 e. The molecule has 0 aromatic heterocycles. The maximum Gasteiger partial charge on any atom is 0.397 e. The molecule has 0 heterocycles. The van der Waals surface area contributed by atoms with Crippen LogP contribution in [0.1, 0.15) is 5.56 Å². The van der Waals surface area contributed by atoms with Crippen LogP contribution in [0, 0.1) is 0 Å². The SMILES string of the molecule is COOP(=O)(O)C(C(=O)OCc1ccccc1)(P(=O)(O)OOC)P(=O)(O)OOC. The molecule has 1 aromatic rings. The van der Waals surface area contributed by atoms with E-state index in [4.69, 9.17) is 4.74 Å². The van der Waals surface area contributed by atoms with Crippen molar-refractivity contribution in [2.75, 3.05) is 21.3 Å². The van der Waals surface area contributed by atoms with Gasteiger partial charge in [0.25, 0.3) is 0 Å². The largest absolute Gasteiger partial charge is 0.459 e. The zero-order valence-corrected chi connectivity index (χ0v) is 18.0. The van der Waals surface area contributed by atoms with Gasteiger partial charge in [-0.1, -0.05) is 30.3 Å². The molecule has 3 atom stereocenters. The van der Waals surface area contributed by atoms with E-state index >= 15 is 0 Å². The van der Waals surface area contributed by atoms with Crippen LogP contribution < -0.4 is 0 Å². The molecule has 0 saturated heterocycles. The standard InChI is InChI=1S/C12H19O14P3/c1-20-24-27(14,15)12(28(16,17)25-21-2,29(18,19)26-22-3)11(13)23-9-10-7-5-4-6-8-10/h4-8H,9H2,1-3H3,(H,14,15)(H,16,17)(H,18,19). The Balaban J connectivity index is 3.67. The summed E-state index contributed by atoms with van der Waals surface area (Å²) in [6, 6.07) is 7.67. The molecule has 0 aliphatic rings. The summed E-state index contributed by atoms with van der Waals surface area (Å²) in [5.74, 6) is -2.17. The Morgan fingerprint density at radius 2 is 1.21 bits per heavy atom. The van der Waals surface area contributed by atoms with Gasteiger partial charge in [0.2, 0.25) is 0 Å². The molecule has 0 fully saturated rings. The number of esters is 1. The first-order valence-corrected chi connectivity index (χ1v) is 12.0. The lowest BCUT2D eigenvalue weighted by Gasteiger charge is -2.35. The van der Waals surface area contributed by atoms with Crippen LogP contribution >= 0.6 is 22.8 Å². The molecule has 17 heteroatoms. The van der Waals surface area contributed by atoms with Gasteiger partial charge in [0.05, 0.1) is 21.3 Å². The highest BCUT2D eigenvalue weighted by molar-refractivity contribution is 7.91. The Hall–Kier alpha value is -0.980. The van der Waals surface area contributed by atoms with Crippen LogP contribution in [0.2, 0.25) is 0 Å².